The molecule has 0 aliphatic rings. The molecule has 162 valence electrons. The van der Waals surface area contributed by atoms with Crippen LogP contribution in [0, 0.1) is 36.0 Å². The first kappa shape index (κ1) is 22.2. The van der Waals surface area contributed by atoms with Gasteiger partial charge in [0.25, 0.3) is 5.91 Å². The van der Waals surface area contributed by atoms with Crippen molar-refractivity contribution in [3.8, 4) is 5.75 Å². The van der Waals surface area contributed by atoms with Crippen molar-refractivity contribution in [1.29, 1.82) is 0 Å². The smallest absolute Gasteiger partial charge is 0.262 e. The summed E-state index contributed by atoms with van der Waals surface area (Å²) in [5.74, 6) is -11.2. The molecule has 0 radical (unpaired) electrons. The molecule has 0 saturated heterocycles. The Morgan fingerprint density at radius 1 is 1.06 bits per heavy atom. The Morgan fingerprint density at radius 3 is 2.35 bits per heavy atom. The number of amides is 1. The Bertz CT molecular complexity index is 1120. The van der Waals surface area contributed by atoms with E-state index in [0.29, 0.717) is 11.3 Å². The lowest BCUT2D eigenvalue weighted by atomic mass is 10.2. The first-order chi connectivity index (χ1) is 14.8. The summed E-state index contributed by atoms with van der Waals surface area (Å²) in [7, 11) is 0. The number of rotatable bonds is 7. The molecule has 2 aromatic carbocycles. The van der Waals surface area contributed by atoms with E-state index < -0.39 is 40.7 Å². The number of thiazole rings is 1. The van der Waals surface area contributed by atoms with Gasteiger partial charge in [0.1, 0.15) is 18.0 Å². The summed E-state index contributed by atoms with van der Waals surface area (Å²) in [4.78, 5) is 16.2. The summed E-state index contributed by atoms with van der Waals surface area (Å²) in [6.45, 7) is 2.08. The number of para-hydroxylation sites is 1. The molecule has 1 amide bonds. The van der Waals surface area contributed by atoms with Gasteiger partial charge in [-0.2, -0.15) is 0 Å². The normalized spacial score (nSPS) is 11.0. The number of ether oxygens (including phenoxy) is 1. The van der Waals surface area contributed by atoms with Gasteiger partial charge in [0.2, 0.25) is 5.82 Å². The molecule has 0 aliphatic carbocycles. The van der Waals surface area contributed by atoms with E-state index in [1.807, 2.05) is 17.7 Å². The second-order valence-electron chi connectivity index (χ2n) is 6.08. The average Bonchev–Trinajstić information content (AvgIpc) is 3.19. The number of benzene rings is 2. The van der Waals surface area contributed by atoms with E-state index in [-0.39, 0.29) is 6.61 Å². The monoisotopic (exact) mass is 455 g/mol. The first-order valence-corrected chi connectivity index (χ1v) is 9.54. The second kappa shape index (κ2) is 9.56. The predicted molar refractivity (Wildman–Crippen MR) is 105 cm³/mol. The average molecular weight is 455 g/mol. The van der Waals surface area contributed by atoms with Crippen LogP contribution in [0.25, 0.3) is 6.08 Å². The lowest BCUT2D eigenvalue weighted by molar-refractivity contribution is -0.116. The molecule has 0 aliphatic heterocycles. The fourth-order valence-corrected chi connectivity index (χ4v) is 3.02. The highest BCUT2D eigenvalue weighted by Crippen LogP contribution is 2.26. The number of halogens is 5. The zero-order chi connectivity index (χ0) is 22.5. The number of nitrogens with zero attached hydrogens (tertiary/aromatic N) is 1. The van der Waals surface area contributed by atoms with Crippen molar-refractivity contribution in [1.82, 2.24) is 10.4 Å². The van der Waals surface area contributed by atoms with Gasteiger partial charge in [-0.3, -0.25) is 15.6 Å². The first-order valence-electron chi connectivity index (χ1n) is 8.66. The summed E-state index contributed by atoms with van der Waals surface area (Å²) in [5, 5.41) is 2.75. The van der Waals surface area contributed by atoms with E-state index in [4.69, 9.17) is 4.74 Å². The number of nitrogens with one attached hydrogen (secondary N) is 2. The van der Waals surface area contributed by atoms with Gasteiger partial charge in [-0.15, -0.1) is 11.3 Å². The maximum atomic E-state index is 13.6. The fourth-order valence-electron chi connectivity index (χ4n) is 2.42. The molecular weight excluding hydrogens is 441 g/mol. The van der Waals surface area contributed by atoms with Crippen LogP contribution in [-0.2, 0) is 11.4 Å². The molecule has 3 aromatic rings. The van der Waals surface area contributed by atoms with Crippen molar-refractivity contribution in [2.24, 2.45) is 0 Å². The molecule has 0 atom stereocenters. The van der Waals surface area contributed by atoms with Crippen LogP contribution in [0.15, 0.2) is 35.7 Å². The van der Waals surface area contributed by atoms with E-state index in [9.17, 15) is 26.7 Å². The third-order valence-corrected chi connectivity index (χ3v) is 4.72. The predicted octanol–water partition coefficient (Wildman–Crippen LogP) is 4.88. The van der Waals surface area contributed by atoms with Crippen LogP contribution in [0.2, 0.25) is 0 Å². The molecule has 0 spiro atoms. The van der Waals surface area contributed by atoms with Crippen LogP contribution in [0.5, 0.6) is 5.75 Å². The van der Waals surface area contributed by atoms with Gasteiger partial charge >= 0.3 is 0 Å². The van der Waals surface area contributed by atoms with E-state index in [0.717, 1.165) is 16.8 Å². The number of aromatic nitrogens is 1. The second-order valence-corrected chi connectivity index (χ2v) is 7.14. The Labute approximate surface area is 177 Å². The van der Waals surface area contributed by atoms with Crippen molar-refractivity contribution in [3.05, 3.63) is 81.1 Å². The van der Waals surface area contributed by atoms with Gasteiger partial charge in [0.05, 0.1) is 10.7 Å². The van der Waals surface area contributed by atoms with E-state index in [1.54, 1.807) is 29.7 Å². The van der Waals surface area contributed by atoms with Crippen LogP contribution < -0.4 is 15.6 Å². The highest BCUT2D eigenvalue weighted by Gasteiger charge is 2.25. The van der Waals surface area contributed by atoms with Crippen LogP contribution >= 0.6 is 11.3 Å². The van der Waals surface area contributed by atoms with Crippen molar-refractivity contribution in [2.75, 3.05) is 5.43 Å². The molecule has 0 fully saturated rings. The largest absolute Gasteiger partial charge is 0.487 e. The topological polar surface area (TPSA) is 63.2 Å². The SMILES string of the molecule is Cc1nc(COc2ccccc2/C=C/C(=O)NNc2c(F)c(F)c(F)c(F)c2F)cs1. The molecule has 31 heavy (non-hydrogen) atoms. The van der Waals surface area contributed by atoms with Crippen molar-refractivity contribution < 1.29 is 31.5 Å². The Hall–Kier alpha value is -3.47. The van der Waals surface area contributed by atoms with Crippen LogP contribution in [-0.4, -0.2) is 10.9 Å². The molecule has 11 heteroatoms. The van der Waals surface area contributed by atoms with Crippen LogP contribution in [0.1, 0.15) is 16.3 Å². The van der Waals surface area contributed by atoms with Gasteiger partial charge in [-0.1, -0.05) is 18.2 Å². The number of hydrogen-bond donors (Lipinski definition) is 2. The highest BCUT2D eigenvalue weighted by atomic mass is 32.1. The van der Waals surface area contributed by atoms with Crippen molar-refractivity contribution >= 4 is 29.0 Å². The van der Waals surface area contributed by atoms with Gasteiger partial charge in [0.15, 0.2) is 23.3 Å². The summed E-state index contributed by atoms with van der Waals surface area (Å²) in [5.41, 5.74) is 3.43. The van der Waals surface area contributed by atoms with Gasteiger partial charge < -0.3 is 4.74 Å². The minimum Gasteiger partial charge on any atom is -0.487 e. The van der Waals surface area contributed by atoms with E-state index >= 15 is 0 Å². The summed E-state index contributed by atoms with van der Waals surface area (Å²) in [6.07, 6.45) is 2.35. The van der Waals surface area contributed by atoms with E-state index in [1.165, 1.54) is 17.4 Å². The number of aryl methyl sites for hydroxylation is 1. The van der Waals surface area contributed by atoms with Crippen LogP contribution in [0.3, 0.4) is 0 Å². The third-order valence-electron chi connectivity index (χ3n) is 3.90. The Kier molecular flexibility index (Phi) is 6.85. The van der Waals surface area contributed by atoms with Crippen molar-refractivity contribution in [2.45, 2.75) is 13.5 Å². The zero-order valence-corrected chi connectivity index (χ0v) is 16.6. The lowest BCUT2D eigenvalue weighted by Crippen LogP contribution is -2.29. The standard InChI is InChI=1S/C20H14F5N3O2S/c1-10-26-12(9-31-10)8-30-13-5-3-2-4-11(13)6-7-14(29)27-28-20-18(24)16(22)15(21)17(23)19(20)25/h2-7,9,28H,8H2,1H3,(H,27,29)/b7-6+. The number of anilines is 1. The van der Waals surface area contributed by atoms with Gasteiger partial charge in [-0.25, -0.2) is 26.9 Å². The maximum absolute atomic E-state index is 13.6. The van der Waals surface area contributed by atoms with Crippen LogP contribution in [0.4, 0.5) is 27.6 Å². The number of hydrogen-bond acceptors (Lipinski definition) is 5. The third kappa shape index (κ3) is 5.18. The minimum atomic E-state index is -2.30. The summed E-state index contributed by atoms with van der Waals surface area (Å²) >= 11 is 1.48. The van der Waals surface area contributed by atoms with Gasteiger partial charge in [0, 0.05) is 17.0 Å². The maximum Gasteiger partial charge on any atom is 0.262 e. The van der Waals surface area contributed by atoms with Crippen molar-refractivity contribution in [3.63, 3.8) is 0 Å². The molecule has 2 N–H and O–H groups in total. The molecule has 1 heterocycles. The molecule has 1 aromatic heterocycles. The number of carbonyl (C=O) groups is 1. The lowest BCUT2D eigenvalue weighted by Gasteiger charge is -2.11. The Balaban J connectivity index is 1.66. The number of carbonyl (C=O) groups excluding carboxylic acids is 1. The molecule has 0 unspecified atom stereocenters. The summed E-state index contributed by atoms with van der Waals surface area (Å²) in [6, 6.07) is 6.75. The highest BCUT2D eigenvalue weighted by molar-refractivity contribution is 7.09. The Morgan fingerprint density at radius 2 is 1.71 bits per heavy atom. The molecule has 0 bridgehead atoms. The molecule has 0 saturated carbocycles. The molecule has 3 rings (SSSR count). The fraction of sp³-hybridized carbons (Fsp3) is 0.100. The zero-order valence-electron chi connectivity index (χ0n) is 15.8. The van der Waals surface area contributed by atoms with Gasteiger partial charge in [-0.05, 0) is 19.1 Å². The minimum absolute atomic E-state index is 0.212. The molecule has 5 nitrogen and oxygen atoms in total. The summed E-state index contributed by atoms with van der Waals surface area (Å²) < 4.78 is 72.3. The van der Waals surface area contributed by atoms with E-state index in [2.05, 4.69) is 4.98 Å². The molecular formula is C20H14F5N3O2S. The quantitative estimate of drug-likeness (QED) is 0.175. The number of hydrazine groups is 1.